The predicted octanol–water partition coefficient (Wildman–Crippen LogP) is 2.77. The zero-order valence-corrected chi connectivity index (χ0v) is 13.7. The van der Waals surface area contributed by atoms with E-state index in [1.807, 2.05) is 0 Å². The van der Waals surface area contributed by atoms with Crippen molar-refractivity contribution in [3.8, 4) is 0 Å². The average molecular weight is 315 g/mol. The van der Waals surface area contributed by atoms with Crippen LogP contribution in [-0.2, 0) is 12.8 Å². The minimum absolute atomic E-state index is 0. The molecule has 2 N–H and O–H groups in total. The molecular weight excluding hydrogens is 292 g/mol. The summed E-state index contributed by atoms with van der Waals surface area (Å²) >= 11 is 1.69. The van der Waals surface area contributed by atoms with Gasteiger partial charge in [0.05, 0.1) is 4.88 Å². The highest BCUT2D eigenvalue weighted by atomic mass is 35.5. The number of amides is 1. The Morgan fingerprint density at radius 3 is 2.90 bits per heavy atom. The molecule has 1 amide bonds. The maximum absolute atomic E-state index is 12.4. The number of piperidine rings is 1. The van der Waals surface area contributed by atoms with Gasteiger partial charge in [-0.05, 0) is 56.7 Å². The van der Waals surface area contributed by atoms with E-state index in [9.17, 15) is 4.79 Å². The Hall–Kier alpha value is -0.580. The van der Waals surface area contributed by atoms with Crippen LogP contribution in [0.2, 0.25) is 0 Å². The Labute approximate surface area is 130 Å². The molecule has 1 fully saturated rings. The van der Waals surface area contributed by atoms with Crippen molar-refractivity contribution in [1.29, 1.82) is 0 Å². The van der Waals surface area contributed by atoms with Gasteiger partial charge in [-0.2, -0.15) is 0 Å². The summed E-state index contributed by atoms with van der Waals surface area (Å²) in [6, 6.07) is 2.71. The van der Waals surface area contributed by atoms with Crippen LogP contribution in [0.4, 0.5) is 0 Å². The number of halogens is 1. The van der Waals surface area contributed by atoms with Crippen molar-refractivity contribution in [3.05, 3.63) is 21.4 Å². The van der Waals surface area contributed by atoms with Crippen LogP contribution in [0.3, 0.4) is 0 Å². The third-order valence-corrected chi connectivity index (χ3v) is 5.72. The van der Waals surface area contributed by atoms with Crippen molar-refractivity contribution in [1.82, 2.24) is 10.6 Å². The van der Waals surface area contributed by atoms with E-state index in [1.165, 1.54) is 16.9 Å². The molecule has 112 valence electrons. The molecule has 5 heteroatoms. The van der Waals surface area contributed by atoms with Crippen LogP contribution >= 0.6 is 23.7 Å². The molecule has 2 heterocycles. The average Bonchev–Trinajstić information content (AvgIpc) is 2.94. The number of nitrogens with one attached hydrogen (secondary N) is 2. The molecule has 1 aliphatic heterocycles. The van der Waals surface area contributed by atoms with Crippen LogP contribution in [0.1, 0.15) is 46.8 Å². The van der Waals surface area contributed by atoms with E-state index >= 15 is 0 Å². The molecule has 1 aromatic rings. The molecule has 1 aliphatic carbocycles. The molecule has 3 unspecified atom stereocenters. The second kappa shape index (κ2) is 6.46. The summed E-state index contributed by atoms with van der Waals surface area (Å²) in [6.45, 7) is 5.45. The van der Waals surface area contributed by atoms with Crippen molar-refractivity contribution in [2.75, 3.05) is 6.54 Å². The van der Waals surface area contributed by atoms with E-state index in [2.05, 4.69) is 30.5 Å². The molecule has 0 radical (unpaired) electrons. The summed E-state index contributed by atoms with van der Waals surface area (Å²) in [5, 5.41) is 6.68. The standard InChI is InChI=1S/C15H22N2OS.ClH/c1-9-6-7-16-10(2)14(9)17-15(18)13-8-11-4-3-5-12(11)19-13;/h8-10,14,16H,3-7H2,1-2H3,(H,17,18);1H. The van der Waals surface area contributed by atoms with Gasteiger partial charge in [0.2, 0.25) is 0 Å². The Kier molecular flexibility index (Phi) is 5.10. The molecule has 1 aromatic heterocycles. The molecule has 1 saturated heterocycles. The van der Waals surface area contributed by atoms with E-state index < -0.39 is 0 Å². The quantitative estimate of drug-likeness (QED) is 0.881. The fourth-order valence-corrected chi connectivity index (χ4v) is 4.43. The number of aryl methyl sites for hydroxylation is 2. The lowest BCUT2D eigenvalue weighted by Gasteiger charge is -2.35. The zero-order chi connectivity index (χ0) is 13.4. The predicted molar refractivity (Wildman–Crippen MR) is 86.1 cm³/mol. The summed E-state index contributed by atoms with van der Waals surface area (Å²) in [7, 11) is 0. The first-order valence-corrected chi connectivity index (χ1v) is 8.12. The fourth-order valence-electron chi connectivity index (χ4n) is 3.27. The second-order valence-electron chi connectivity index (χ2n) is 5.92. The smallest absolute Gasteiger partial charge is 0.261 e. The Balaban J connectivity index is 0.00000147. The highest BCUT2D eigenvalue weighted by Gasteiger charge is 2.29. The summed E-state index contributed by atoms with van der Waals surface area (Å²) < 4.78 is 0. The molecule has 3 atom stereocenters. The highest BCUT2D eigenvalue weighted by molar-refractivity contribution is 7.14. The first kappa shape index (κ1) is 15.8. The molecule has 0 spiro atoms. The van der Waals surface area contributed by atoms with Gasteiger partial charge in [0.15, 0.2) is 0 Å². The van der Waals surface area contributed by atoms with Crippen LogP contribution < -0.4 is 10.6 Å². The maximum atomic E-state index is 12.4. The Morgan fingerprint density at radius 2 is 2.20 bits per heavy atom. The van der Waals surface area contributed by atoms with Crippen molar-refractivity contribution < 1.29 is 4.79 Å². The number of hydrogen-bond donors (Lipinski definition) is 2. The largest absolute Gasteiger partial charge is 0.347 e. The molecule has 0 bridgehead atoms. The minimum atomic E-state index is 0. The Bertz CT molecular complexity index is 457. The number of carbonyl (C=O) groups is 1. The zero-order valence-electron chi connectivity index (χ0n) is 12.1. The molecule has 2 aliphatic rings. The van der Waals surface area contributed by atoms with Crippen molar-refractivity contribution in [2.24, 2.45) is 5.92 Å². The second-order valence-corrected chi connectivity index (χ2v) is 7.06. The van der Waals surface area contributed by atoms with Gasteiger partial charge in [0.1, 0.15) is 0 Å². The van der Waals surface area contributed by atoms with Gasteiger partial charge in [-0.1, -0.05) is 6.92 Å². The van der Waals surface area contributed by atoms with Gasteiger partial charge < -0.3 is 10.6 Å². The topological polar surface area (TPSA) is 41.1 Å². The van der Waals surface area contributed by atoms with Gasteiger partial charge in [-0.3, -0.25) is 4.79 Å². The summed E-state index contributed by atoms with van der Waals surface area (Å²) in [6.07, 6.45) is 4.70. The minimum Gasteiger partial charge on any atom is -0.347 e. The third kappa shape index (κ3) is 3.02. The normalized spacial score (nSPS) is 28.6. The lowest BCUT2D eigenvalue weighted by atomic mass is 9.89. The van der Waals surface area contributed by atoms with E-state index in [0.717, 1.165) is 30.7 Å². The van der Waals surface area contributed by atoms with Gasteiger partial charge >= 0.3 is 0 Å². The fraction of sp³-hybridized carbons (Fsp3) is 0.667. The first-order chi connectivity index (χ1) is 9.15. The van der Waals surface area contributed by atoms with Crippen LogP contribution in [0, 0.1) is 5.92 Å². The number of fused-ring (bicyclic) bond motifs is 1. The Morgan fingerprint density at radius 1 is 1.40 bits per heavy atom. The van der Waals surface area contributed by atoms with Crippen molar-refractivity contribution in [3.63, 3.8) is 0 Å². The van der Waals surface area contributed by atoms with E-state index in [1.54, 1.807) is 11.3 Å². The summed E-state index contributed by atoms with van der Waals surface area (Å²) in [4.78, 5) is 14.7. The van der Waals surface area contributed by atoms with Gasteiger partial charge in [0, 0.05) is 17.0 Å². The number of carbonyl (C=O) groups excluding carboxylic acids is 1. The molecule has 20 heavy (non-hydrogen) atoms. The molecule has 0 aromatic carbocycles. The summed E-state index contributed by atoms with van der Waals surface area (Å²) in [5.74, 6) is 0.666. The van der Waals surface area contributed by atoms with Gasteiger partial charge in [-0.15, -0.1) is 23.7 Å². The number of hydrogen-bond acceptors (Lipinski definition) is 3. The maximum Gasteiger partial charge on any atom is 0.261 e. The van der Waals surface area contributed by atoms with Gasteiger partial charge in [-0.25, -0.2) is 0 Å². The molecule has 3 rings (SSSR count). The molecule has 3 nitrogen and oxygen atoms in total. The van der Waals surface area contributed by atoms with Crippen molar-refractivity contribution in [2.45, 2.75) is 51.6 Å². The SMILES string of the molecule is CC1CCNC(C)C1NC(=O)c1cc2c(s1)CCC2.Cl. The lowest BCUT2D eigenvalue weighted by molar-refractivity contribution is 0.0901. The van der Waals surface area contributed by atoms with Crippen LogP contribution in [0.15, 0.2) is 6.07 Å². The molecular formula is C15H23ClN2OS. The summed E-state index contributed by atoms with van der Waals surface area (Å²) in [5.41, 5.74) is 1.40. The van der Waals surface area contributed by atoms with E-state index in [-0.39, 0.29) is 24.4 Å². The van der Waals surface area contributed by atoms with Crippen LogP contribution in [-0.4, -0.2) is 24.5 Å². The highest BCUT2D eigenvalue weighted by Crippen LogP contribution is 2.30. The lowest BCUT2D eigenvalue weighted by Crippen LogP contribution is -2.55. The van der Waals surface area contributed by atoms with Gasteiger partial charge in [0.25, 0.3) is 5.91 Å². The van der Waals surface area contributed by atoms with E-state index in [4.69, 9.17) is 0 Å². The monoisotopic (exact) mass is 314 g/mol. The number of thiophene rings is 1. The van der Waals surface area contributed by atoms with Crippen LogP contribution in [0.25, 0.3) is 0 Å². The third-order valence-electron chi connectivity index (χ3n) is 4.49. The van der Waals surface area contributed by atoms with Crippen molar-refractivity contribution >= 4 is 29.7 Å². The number of rotatable bonds is 2. The molecule has 0 saturated carbocycles. The van der Waals surface area contributed by atoms with Crippen LogP contribution in [0.5, 0.6) is 0 Å². The van der Waals surface area contributed by atoms with E-state index in [0.29, 0.717) is 12.0 Å². The first-order valence-electron chi connectivity index (χ1n) is 7.31.